The lowest BCUT2D eigenvalue weighted by Crippen LogP contribution is -2.43. The molecule has 1 aromatic carbocycles. The van der Waals surface area contributed by atoms with Gasteiger partial charge in [0.25, 0.3) is 0 Å². The van der Waals surface area contributed by atoms with E-state index in [-0.39, 0.29) is 17.1 Å². The fourth-order valence-electron chi connectivity index (χ4n) is 1.45. The molecule has 0 aromatic heterocycles. The van der Waals surface area contributed by atoms with Crippen molar-refractivity contribution in [1.82, 2.24) is 5.32 Å². The standard InChI is InChI=1S/C12H14FNO4S/c1-8(15)14-11(12(16)17)7-19(18)6-9-4-2-3-5-10(9)13/h2-5,11H,6-7H2,1H3,(H,14,15)(H,16,17). The Labute approximate surface area is 112 Å². The molecule has 0 heterocycles. The molecule has 5 nitrogen and oxygen atoms in total. The number of halogens is 1. The first-order valence-electron chi connectivity index (χ1n) is 5.48. The molecule has 1 amide bonds. The Bertz CT molecular complexity index is 506. The number of benzene rings is 1. The number of carboxylic acids is 1. The molecule has 104 valence electrons. The van der Waals surface area contributed by atoms with E-state index in [9.17, 15) is 18.2 Å². The number of rotatable bonds is 6. The first-order valence-corrected chi connectivity index (χ1v) is 6.97. The summed E-state index contributed by atoms with van der Waals surface area (Å²) >= 11 is 0. The maximum atomic E-state index is 13.3. The lowest BCUT2D eigenvalue weighted by Gasteiger charge is -2.12. The van der Waals surface area contributed by atoms with E-state index < -0.39 is 34.5 Å². The highest BCUT2D eigenvalue weighted by Gasteiger charge is 2.21. The first-order chi connectivity index (χ1) is 8.90. The number of hydrogen-bond donors (Lipinski definition) is 2. The molecule has 2 unspecified atom stereocenters. The number of aliphatic carboxylic acids is 1. The predicted molar refractivity (Wildman–Crippen MR) is 68.4 cm³/mol. The smallest absolute Gasteiger partial charge is 0.327 e. The van der Waals surface area contributed by atoms with Gasteiger partial charge in [-0.2, -0.15) is 0 Å². The average Bonchev–Trinajstić information content (AvgIpc) is 2.30. The van der Waals surface area contributed by atoms with Crippen LogP contribution in [-0.4, -0.2) is 33.0 Å². The Morgan fingerprint density at radius 3 is 2.58 bits per heavy atom. The van der Waals surface area contributed by atoms with Crippen LogP contribution in [0.15, 0.2) is 24.3 Å². The summed E-state index contributed by atoms with van der Waals surface area (Å²) in [5.74, 6) is -2.62. The summed E-state index contributed by atoms with van der Waals surface area (Å²) in [6.45, 7) is 1.18. The van der Waals surface area contributed by atoms with Crippen LogP contribution in [0.1, 0.15) is 12.5 Å². The van der Waals surface area contributed by atoms with Gasteiger partial charge in [-0.25, -0.2) is 9.18 Å². The third kappa shape index (κ3) is 5.17. The minimum absolute atomic E-state index is 0.0873. The second-order valence-electron chi connectivity index (χ2n) is 3.93. The predicted octanol–water partition coefficient (Wildman–Crippen LogP) is 0.664. The van der Waals surface area contributed by atoms with Crippen LogP contribution >= 0.6 is 0 Å². The molecule has 19 heavy (non-hydrogen) atoms. The van der Waals surface area contributed by atoms with Gasteiger partial charge in [-0.15, -0.1) is 0 Å². The fraction of sp³-hybridized carbons (Fsp3) is 0.333. The van der Waals surface area contributed by atoms with Crippen LogP contribution in [0.4, 0.5) is 4.39 Å². The van der Waals surface area contributed by atoms with E-state index in [1.54, 1.807) is 6.07 Å². The van der Waals surface area contributed by atoms with E-state index in [0.29, 0.717) is 0 Å². The molecule has 0 fully saturated rings. The Kier molecular flexibility index (Phi) is 5.62. The third-order valence-corrected chi connectivity index (χ3v) is 3.64. The lowest BCUT2D eigenvalue weighted by atomic mass is 10.2. The van der Waals surface area contributed by atoms with Crippen LogP contribution in [0.3, 0.4) is 0 Å². The molecule has 2 atom stereocenters. The molecule has 0 bridgehead atoms. The molecule has 0 aliphatic carbocycles. The zero-order valence-corrected chi connectivity index (χ0v) is 11.1. The average molecular weight is 287 g/mol. The van der Waals surface area contributed by atoms with E-state index in [0.717, 1.165) is 0 Å². The summed E-state index contributed by atoms with van der Waals surface area (Å²) in [5.41, 5.74) is 0.257. The fourth-order valence-corrected chi connectivity index (χ4v) is 2.75. The van der Waals surface area contributed by atoms with Gasteiger partial charge in [0.05, 0.1) is 11.5 Å². The number of carbonyl (C=O) groups is 2. The number of nitrogens with one attached hydrogen (secondary N) is 1. The summed E-state index contributed by atoms with van der Waals surface area (Å²) in [4.78, 5) is 21.7. The van der Waals surface area contributed by atoms with Gasteiger partial charge in [0.1, 0.15) is 11.9 Å². The highest BCUT2D eigenvalue weighted by Crippen LogP contribution is 2.09. The Morgan fingerprint density at radius 1 is 1.42 bits per heavy atom. The van der Waals surface area contributed by atoms with Crippen LogP contribution in [0.5, 0.6) is 0 Å². The second-order valence-corrected chi connectivity index (χ2v) is 5.44. The van der Waals surface area contributed by atoms with Crippen molar-refractivity contribution in [3.63, 3.8) is 0 Å². The van der Waals surface area contributed by atoms with E-state index in [2.05, 4.69) is 5.32 Å². The summed E-state index contributed by atoms with van der Waals surface area (Å²) in [5, 5.41) is 11.1. The zero-order valence-electron chi connectivity index (χ0n) is 10.3. The van der Waals surface area contributed by atoms with E-state index in [4.69, 9.17) is 5.11 Å². The maximum absolute atomic E-state index is 13.3. The van der Waals surface area contributed by atoms with Gasteiger partial charge in [-0.1, -0.05) is 18.2 Å². The van der Waals surface area contributed by atoms with Crippen LogP contribution < -0.4 is 5.32 Å². The van der Waals surface area contributed by atoms with Crippen LogP contribution in [-0.2, 0) is 26.1 Å². The Hall–Kier alpha value is -1.76. The highest BCUT2D eigenvalue weighted by atomic mass is 32.2. The minimum Gasteiger partial charge on any atom is -0.480 e. The van der Waals surface area contributed by atoms with Crippen molar-refractivity contribution in [2.24, 2.45) is 0 Å². The van der Waals surface area contributed by atoms with E-state index >= 15 is 0 Å². The van der Waals surface area contributed by atoms with E-state index in [1.165, 1.54) is 25.1 Å². The Morgan fingerprint density at radius 2 is 2.05 bits per heavy atom. The molecule has 0 spiro atoms. The molecular formula is C12H14FNO4S. The molecule has 2 N–H and O–H groups in total. The maximum Gasteiger partial charge on any atom is 0.327 e. The van der Waals surface area contributed by atoms with Crippen molar-refractivity contribution in [1.29, 1.82) is 0 Å². The third-order valence-electron chi connectivity index (χ3n) is 2.30. The monoisotopic (exact) mass is 287 g/mol. The first kappa shape index (κ1) is 15.3. The SMILES string of the molecule is CC(=O)NC(CS(=O)Cc1ccccc1F)C(=O)O. The number of carboxylic acid groups (broad SMARTS) is 1. The van der Waals surface area contributed by atoms with Gasteiger partial charge < -0.3 is 10.4 Å². The number of hydrogen-bond acceptors (Lipinski definition) is 3. The molecule has 0 saturated heterocycles. The van der Waals surface area contributed by atoms with Crippen LogP contribution in [0.2, 0.25) is 0 Å². The van der Waals surface area contributed by atoms with Gasteiger partial charge in [-0.3, -0.25) is 9.00 Å². The molecule has 0 aliphatic heterocycles. The van der Waals surface area contributed by atoms with Gasteiger partial charge >= 0.3 is 5.97 Å². The lowest BCUT2D eigenvalue weighted by molar-refractivity contribution is -0.140. The van der Waals surface area contributed by atoms with Crippen molar-refractivity contribution in [3.8, 4) is 0 Å². The normalized spacial score (nSPS) is 13.6. The summed E-state index contributed by atoms with van der Waals surface area (Å²) in [7, 11) is -1.58. The molecular weight excluding hydrogens is 273 g/mol. The Balaban J connectivity index is 2.65. The molecule has 1 aromatic rings. The van der Waals surface area contributed by atoms with Gasteiger partial charge in [0.2, 0.25) is 5.91 Å². The highest BCUT2D eigenvalue weighted by molar-refractivity contribution is 7.84. The van der Waals surface area contributed by atoms with Crippen LogP contribution in [0.25, 0.3) is 0 Å². The zero-order chi connectivity index (χ0) is 14.4. The van der Waals surface area contributed by atoms with Crippen molar-refractivity contribution in [2.45, 2.75) is 18.7 Å². The van der Waals surface area contributed by atoms with Crippen LogP contribution in [0, 0.1) is 5.82 Å². The summed E-state index contributed by atoms with van der Waals surface area (Å²) in [6, 6.07) is 4.62. The molecule has 7 heteroatoms. The van der Waals surface area contributed by atoms with Gasteiger partial charge in [0, 0.05) is 23.3 Å². The molecule has 0 radical (unpaired) electrons. The summed E-state index contributed by atoms with van der Waals surface area (Å²) < 4.78 is 25.1. The topological polar surface area (TPSA) is 83.5 Å². The molecule has 0 aliphatic rings. The number of carbonyl (C=O) groups excluding carboxylic acids is 1. The van der Waals surface area contributed by atoms with Crippen molar-refractivity contribution >= 4 is 22.7 Å². The summed E-state index contributed by atoms with van der Waals surface area (Å²) in [6.07, 6.45) is 0. The molecule has 1 rings (SSSR count). The quantitative estimate of drug-likeness (QED) is 0.805. The van der Waals surface area contributed by atoms with E-state index in [1.807, 2.05) is 0 Å². The van der Waals surface area contributed by atoms with Crippen molar-refractivity contribution < 1.29 is 23.3 Å². The second kappa shape index (κ2) is 6.98. The molecule has 0 saturated carbocycles. The van der Waals surface area contributed by atoms with Gasteiger partial charge in [0.15, 0.2) is 0 Å². The minimum atomic E-state index is -1.58. The van der Waals surface area contributed by atoms with Crippen molar-refractivity contribution in [2.75, 3.05) is 5.75 Å². The largest absolute Gasteiger partial charge is 0.480 e. The van der Waals surface area contributed by atoms with Crippen molar-refractivity contribution in [3.05, 3.63) is 35.6 Å². The number of amides is 1. The van der Waals surface area contributed by atoms with Gasteiger partial charge in [-0.05, 0) is 6.07 Å².